The number of carbonyl (C=O) groups is 2. The fraction of sp³-hybridized carbons (Fsp3) is 0.922. The van der Waals surface area contributed by atoms with Crippen molar-refractivity contribution in [1.29, 1.82) is 0 Å². The first kappa shape index (κ1) is 56.8. The van der Waals surface area contributed by atoms with Crippen LogP contribution in [0.2, 0.25) is 0 Å². The largest absolute Gasteiger partial charge is 0.458 e. The van der Waals surface area contributed by atoms with Crippen LogP contribution in [-0.2, 0) is 57.0 Å². The third-order valence-corrected chi connectivity index (χ3v) is 18.9. The summed E-state index contributed by atoms with van der Waals surface area (Å²) in [4.78, 5) is 27.4. The quantitative estimate of drug-likeness (QED) is 0.0702. The van der Waals surface area contributed by atoms with Gasteiger partial charge in [0.25, 0.3) is 0 Å². The van der Waals surface area contributed by atoms with Crippen molar-refractivity contribution in [3.8, 4) is 0 Å². The number of carbonyl (C=O) groups excluding carboxylic acids is 2. The van der Waals surface area contributed by atoms with Crippen molar-refractivity contribution in [3.63, 3.8) is 0 Å². The number of fused-ring (bicyclic) bond motifs is 5. The zero-order valence-electron chi connectivity index (χ0n) is 43.2. The second kappa shape index (κ2) is 22.0. The Bertz CT molecular complexity index is 2020. The Labute approximate surface area is 430 Å². The first-order chi connectivity index (χ1) is 35.0. The molecule has 29 atom stereocenters. The number of hydrogen-bond acceptors (Lipinski definition) is 23. The summed E-state index contributed by atoms with van der Waals surface area (Å²) in [6.07, 6.45) is -23.6. The maximum absolute atomic E-state index is 13.8. The highest BCUT2D eigenvalue weighted by molar-refractivity contribution is 5.83. The molecule has 9 rings (SSSR count). The third kappa shape index (κ3) is 10.1. The van der Waals surface area contributed by atoms with E-state index < -0.39 is 160 Å². The van der Waals surface area contributed by atoms with Gasteiger partial charge in [-0.2, -0.15) is 0 Å². The van der Waals surface area contributed by atoms with E-state index in [9.17, 15) is 60.7 Å². The number of methoxy groups -OCH3 is 1. The van der Waals surface area contributed by atoms with E-state index in [2.05, 4.69) is 25.2 Å². The highest BCUT2D eigenvalue weighted by Crippen LogP contribution is 2.67. The molecule has 23 heteroatoms. The summed E-state index contributed by atoms with van der Waals surface area (Å²) in [5, 5.41) is 112. The van der Waals surface area contributed by atoms with Gasteiger partial charge in [0.05, 0.1) is 37.4 Å². The summed E-state index contributed by atoms with van der Waals surface area (Å²) < 4.78 is 60.7. The van der Waals surface area contributed by atoms with Crippen molar-refractivity contribution in [3.05, 3.63) is 11.6 Å². The molecule has 74 heavy (non-hydrogen) atoms. The molecule has 0 bridgehead atoms. The summed E-state index contributed by atoms with van der Waals surface area (Å²) in [5.41, 5.74) is -0.699. The van der Waals surface area contributed by atoms with E-state index in [1.54, 1.807) is 6.92 Å². The van der Waals surface area contributed by atoms with E-state index in [0.717, 1.165) is 19.3 Å². The number of aliphatic hydroxyl groups is 10. The highest BCUT2D eigenvalue weighted by atomic mass is 16.8. The first-order valence-electron chi connectivity index (χ1n) is 26.6. The number of nitrogens with one attached hydrogen (secondary N) is 1. The maximum atomic E-state index is 13.8. The molecule has 422 valence electrons. The van der Waals surface area contributed by atoms with Crippen molar-refractivity contribution in [2.75, 3.05) is 26.9 Å². The lowest BCUT2D eigenvalue weighted by Crippen LogP contribution is -2.67. The molecule has 23 nitrogen and oxygen atoms in total. The third-order valence-electron chi connectivity index (χ3n) is 18.9. The molecule has 0 amide bonds. The average molecular weight is 1060 g/mol. The molecule has 29 unspecified atom stereocenters. The molecule has 5 saturated heterocycles. The standard InChI is InChI=1S/C51H81NO22/c1-20-16-51(65-7,52-17-20)48(64)71-30-15-28-26-9-8-24-14-25(10-12-49(24,5)27(26)11-13-50(28,6)32(30)21(2)54)69-47-43(74-45-39(62)36(59)33(56)22(3)67-45)40(63)41(31(18-53)70-47)72-46-42(37(60)34(57)23(4)68-46)73-44-38(61)35(58)29(55)19-66-44/h8,20,22-23,25-47,52-53,55-63H,9-19H2,1-7H3. The van der Waals surface area contributed by atoms with E-state index in [0.29, 0.717) is 38.6 Å². The second-order valence-electron chi connectivity index (χ2n) is 23.4. The summed E-state index contributed by atoms with van der Waals surface area (Å²) in [7, 11) is 1.50. The zero-order valence-corrected chi connectivity index (χ0v) is 43.2. The lowest BCUT2D eigenvalue weighted by Gasteiger charge is -2.58. The minimum absolute atomic E-state index is 0.0101. The summed E-state index contributed by atoms with van der Waals surface area (Å²) in [6.45, 7) is 10.4. The minimum atomic E-state index is -1.82. The lowest BCUT2D eigenvalue weighted by molar-refractivity contribution is -0.397. The summed E-state index contributed by atoms with van der Waals surface area (Å²) in [6, 6.07) is 0. The molecule has 0 aromatic heterocycles. The van der Waals surface area contributed by atoms with Gasteiger partial charge in [-0.25, -0.2) is 4.79 Å². The molecular formula is C51H81NO22. The predicted molar refractivity (Wildman–Crippen MR) is 250 cm³/mol. The number of ketones is 1. The van der Waals surface area contributed by atoms with Gasteiger partial charge in [0.2, 0.25) is 5.72 Å². The van der Waals surface area contributed by atoms with Crippen molar-refractivity contribution in [1.82, 2.24) is 5.32 Å². The van der Waals surface area contributed by atoms with E-state index in [1.165, 1.54) is 26.5 Å². The molecule has 8 fully saturated rings. The van der Waals surface area contributed by atoms with Crippen LogP contribution in [-0.4, -0.2) is 224 Å². The topological polar surface area (TPSA) is 341 Å². The molecule has 0 aromatic carbocycles. The Morgan fingerprint density at radius 2 is 1.36 bits per heavy atom. The highest BCUT2D eigenvalue weighted by Gasteiger charge is 2.64. The molecule has 0 radical (unpaired) electrons. The molecule has 11 N–H and O–H groups in total. The Morgan fingerprint density at radius 1 is 0.730 bits per heavy atom. The summed E-state index contributed by atoms with van der Waals surface area (Å²) in [5.74, 6) is -0.140. The van der Waals surface area contributed by atoms with Crippen LogP contribution in [0.3, 0.4) is 0 Å². The van der Waals surface area contributed by atoms with Gasteiger partial charge in [0.1, 0.15) is 91.2 Å². The van der Waals surface area contributed by atoms with Gasteiger partial charge in [-0.1, -0.05) is 32.4 Å². The number of rotatable bonds is 13. The van der Waals surface area contributed by atoms with Crippen LogP contribution in [0.5, 0.6) is 0 Å². The summed E-state index contributed by atoms with van der Waals surface area (Å²) >= 11 is 0. The number of esters is 1. The van der Waals surface area contributed by atoms with Crippen LogP contribution >= 0.6 is 0 Å². The van der Waals surface area contributed by atoms with Gasteiger partial charge in [0.15, 0.2) is 25.2 Å². The molecular weight excluding hydrogens is 979 g/mol. The van der Waals surface area contributed by atoms with Crippen molar-refractivity contribution >= 4 is 11.8 Å². The van der Waals surface area contributed by atoms with E-state index >= 15 is 0 Å². The monoisotopic (exact) mass is 1060 g/mol. The fourth-order valence-electron chi connectivity index (χ4n) is 14.6. The maximum Gasteiger partial charge on any atom is 0.354 e. The van der Waals surface area contributed by atoms with Crippen molar-refractivity contribution in [2.45, 2.75) is 228 Å². The van der Waals surface area contributed by atoms with Gasteiger partial charge in [0, 0.05) is 20.1 Å². The number of ether oxygens (including phenoxy) is 10. The van der Waals surface area contributed by atoms with Crippen LogP contribution in [0.25, 0.3) is 0 Å². The molecule has 0 spiro atoms. The van der Waals surface area contributed by atoms with Crippen LogP contribution in [0, 0.1) is 40.4 Å². The van der Waals surface area contributed by atoms with E-state index in [1.807, 2.05) is 6.92 Å². The molecule has 3 saturated carbocycles. The molecule has 0 aromatic rings. The minimum Gasteiger partial charge on any atom is -0.458 e. The van der Waals surface area contributed by atoms with Crippen LogP contribution in [0.1, 0.15) is 92.9 Å². The first-order valence-corrected chi connectivity index (χ1v) is 26.6. The normalized spacial score (nSPS) is 53.6. The van der Waals surface area contributed by atoms with E-state index in [4.69, 9.17) is 47.4 Å². The van der Waals surface area contributed by atoms with Gasteiger partial charge >= 0.3 is 5.97 Å². The number of aliphatic hydroxyl groups excluding tert-OH is 10. The zero-order chi connectivity index (χ0) is 53.5. The van der Waals surface area contributed by atoms with Crippen LogP contribution < -0.4 is 5.32 Å². The van der Waals surface area contributed by atoms with Gasteiger partial charge in [-0.3, -0.25) is 10.1 Å². The predicted octanol–water partition coefficient (Wildman–Crippen LogP) is -2.00. The molecule has 4 aliphatic carbocycles. The van der Waals surface area contributed by atoms with Crippen LogP contribution in [0.15, 0.2) is 11.6 Å². The Hall–Kier alpha value is -1.92. The van der Waals surface area contributed by atoms with Crippen molar-refractivity contribution < 1.29 is 108 Å². The Kier molecular flexibility index (Phi) is 16.9. The fourth-order valence-corrected chi connectivity index (χ4v) is 14.6. The Balaban J connectivity index is 0.934. The smallest absolute Gasteiger partial charge is 0.354 e. The average Bonchev–Trinajstić information content (AvgIpc) is 3.91. The lowest BCUT2D eigenvalue weighted by atomic mass is 9.47. The van der Waals surface area contributed by atoms with Gasteiger partial charge in [-0.15, -0.1) is 0 Å². The number of hydrogen-bond donors (Lipinski definition) is 11. The number of Topliss-reactive ketones (excluding diaryl/α,β-unsaturated/α-hetero) is 1. The van der Waals surface area contributed by atoms with Gasteiger partial charge in [-0.05, 0) is 100 Å². The van der Waals surface area contributed by atoms with E-state index in [-0.39, 0.29) is 40.3 Å². The van der Waals surface area contributed by atoms with Crippen LogP contribution in [0.4, 0.5) is 0 Å². The Morgan fingerprint density at radius 3 is 2.03 bits per heavy atom. The second-order valence-corrected chi connectivity index (χ2v) is 23.4. The number of allylic oxidation sites excluding steroid dienone is 1. The van der Waals surface area contributed by atoms with Gasteiger partial charge < -0.3 is 98.4 Å². The van der Waals surface area contributed by atoms with Crippen molar-refractivity contribution in [2.24, 2.45) is 40.4 Å². The molecule has 5 aliphatic heterocycles. The molecule has 5 heterocycles. The SMILES string of the molecule is COC1(C(=O)OC2CC3C4CC=C5CC(OC6OC(CO)C(OC7OC(C)C(O)C(O)C7OC7OCC(O)C(O)C7O)C(O)C6OC6OC(C)C(O)C(O)C6O)CCC5(C)C4CCC3(C)C2C(C)=O)CC(C)CN1. The molecule has 9 aliphatic rings.